The third-order valence-electron chi connectivity index (χ3n) is 2.99. The minimum absolute atomic E-state index is 0.141. The Hall–Kier alpha value is -1.98. The van der Waals surface area contributed by atoms with Crippen molar-refractivity contribution in [3.63, 3.8) is 0 Å². The Labute approximate surface area is 130 Å². The minimum atomic E-state index is 0.141. The summed E-state index contributed by atoms with van der Waals surface area (Å²) in [5.41, 5.74) is 3.87. The quantitative estimate of drug-likeness (QED) is 0.506. The Balaban J connectivity index is 1.99. The first-order chi connectivity index (χ1) is 10.2. The maximum Gasteiger partial charge on any atom is 0.187 e. The third kappa shape index (κ3) is 4.51. The highest BCUT2D eigenvalue weighted by molar-refractivity contribution is 7.80. The fourth-order valence-corrected chi connectivity index (χ4v) is 2.33. The largest absolute Gasteiger partial charge is 0.383 e. The van der Waals surface area contributed by atoms with Gasteiger partial charge in [0.15, 0.2) is 5.11 Å². The van der Waals surface area contributed by atoms with Crippen LogP contribution in [0.1, 0.15) is 12.5 Å². The summed E-state index contributed by atoms with van der Waals surface area (Å²) < 4.78 is 5.04. The normalized spacial score (nSPS) is 12.5. The summed E-state index contributed by atoms with van der Waals surface area (Å²) in [5.74, 6) is 0. The summed E-state index contributed by atoms with van der Waals surface area (Å²) in [6, 6.07) is 14.5. The molecule has 110 valence electrons. The fourth-order valence-electron chi connectivity index (χ4n) is 2.07. The molecule has 0 aliphatic heterocycles. The van der Waals surface area contributed by atoms with E-state index in [2.05, 4.69) is 34.0 Å². The number of thiocarbonyl (C=S) groups is 1. The van der Waals surface area contributed by atoms with Crippen LogP contribution in [0.3, 0.4) is 0 Å². The number of hydrazone groups is 1. The van der Waals surface area contributed by atoms with Crippen molar-refractivity contribution in [2.75, 3.05) is 13.7 Å². The van der Waals surface area contributed by atoms with Crippen LogP contribution >= 0.6 is 12.2 Å². The van der Waals surface area contributed by atoms with Crippen molar-refractivity contribution in [2.24, 2.45) is 5.10 Å². The Morgan fingerprint density at radius 3 is 2.86 bits per heavy atom. The molecular weight excluding hydrogens is 282 g/mol. The van der Waals surface area contributed by atoms with E-state index in [1.165, 1.54) is 5.39 Å². The van der Waals surface area contributed by atoms with E-state index in [4.69, 9.17) is 17.0 Å². The zero-order chi connectivity index (χ0) is 15.1. The molecule has 0 aromatic heterocycles. The van der Waals surface area contributed by atoms with E-state index in [1.807, 2.05) is 31.2 Å². The van der Waals surface area contributed by atoms with Crippen LogP contribution in [-0.2, 0) is 4.74 Å². The lowest BCUT2D eigenvalue weighted by Crippen LogP contribution is -2.40. The number of rotatable bonds is 5. The molecule has 2 rings (SSSR count). The lowest BCUT2D eigenvalue weighted by atomic mass is 10.1. The second kappa shape index (κ2) is 7.71. The molecular formula is C16H19N3OS. The third-order valence-corrected chi connectivity index (χ3v) is 3.20. The highest BCUT2D eigenvalue weighted by Gasteiger charge is 2.02. The second-order valence-electron chi connectivity index (χ2n) is 4.77. The number of ether oxygens (including phenoxy) is 1. The first-order valence-electron chi connectivity index (χ1n) is 6.77. The Bertz CT molecular complexity index is 637. The molecule has 0 aliphatic rings. The molecule has 2 N–H and O–H groups in total. The fraction of sp³-hybridized carbons (Fsp3) is 0.250. The zero-order valence-corrected chi connectivity index (χ0v) is 13.0. The van der Waals surface area contributed by atoms with Crippen molar-refractivity contribution >= 4 is 34.3 Å². The topological polar surface area (TPSA) is 45.6 Å². The molecule has 0 radical (unpaired) electrons. The molecule has 0 aliphatic carbocycles. The molecule has 5 heteroatoms. The van der Waals surface area contributed by atoms with Gasteiger partial charge >= 0.3 is 0 Å². The smallest absolute Gasteiger partial charge is 0.187 e. The van der Waals surface area contributed by atoms with Crippen molar-refractivity contribution in [1.29, 1.82) is 0 Å². The van der Waals surface area contributed by atoms with Gasteiger partial charge in [-0.3, -0.25) is 5.43 Å². The van der Waals surface area contributed by atoms with Gasteiger partial charge in [-0.25, -0.2) is 0 Å². The highest BCUT2D eigenvalue weighted by Crippen LogP contribution is 2.16. The molecule has 0 saturated carbocycles. The van der Waals surface area contributed by atoms with E-state index in [9.17, 15) is 0 Å². The summed E-state index contributed by atoms with van der Waals surface area (Å²) in [6.45, 7) is 2.58. The Morgan fingerprint density at radius 2 is 2.05 bits per heavy atom. The highest BCUT2D eigenvalue weighted by atomic mass is 32.1. The molecule has 0 fully saturated rings. The SMILES string of the molecule is COC[C@H](C)NC(=S)N/N=C\c1cccc2ccccc12. The first-order valence-corrected chi connectivity index (χ1v) is 7.18. The van der Waals surface area contributed by atoms with Crippen LogP contribution in [0, 0.1) is 0 Å². The predicted molar refractivity (Wildman–Crippen MR) is 91.7 cm³/mol. The molecule has 1 atom stereocenters. The number of fused-ring (bicyclic) bond motifs is 1. The molecule has 0 spiro atoms. The van der Waals surface area contributed by atoms with Crippen LogP contribution in [-0.4, -0.2) is 31.1 Å². The summed E-state index contributed by atoms with van der Waals surface area (Å²) in [6.07, 6.45) is 1.78. The number of hydrogen-bond donors (Lipinski definition) is 2. The van der Waals surface area contributed by atoms with E-state index in [0.29, 0.717) is 11.7 Å². The maximum atomic E-state index is 5.16. The molecule has 0 unspecified atom stereocenters. The van der Waals surface area contributed by atoms with Crippen molar-refractivity contribution in [1.82, 2.24) is 10.7 Å². The molecule has 0 bridgehead atoms. The van der Waals surface area contributed by atoms with Gasteiger partial charge in [0.2, 0.25) is 0 Å². The van der Waals surface area contributed by atoms with Crippen LogP contribution in [0.15, 0.2) is 47.6 Å². The summed E-state index contributed by atoms with van der Waals surface area (Å²) in [5, 5.41) is 10.1. The molecule has 4 nitrogen and oxygen atoms in total. The van der Waals surface area contributed by atoms with Crippen molar-refractivity contribution in [3.05, 3.63) is 48.0 Å². The maximum absolute atomic E-state index is 5.16. The van der Waals surface area contributed by atoms with Crippen LogP contribution < -0.4 is 10.7 Å². The van der Waals surface area contributed by atoms with Gasteiger partial charge in [0, 0.05) is 18.7 Å². The van der Waals surface area contributed by atoms with Gasteiger partial charge in [-0.2, -0.15) is 5.10 Å². The number of nitrogens with zero attached hydrogens (tertiary/aromatic N) is 1. The standard InChI is InChI=1S/C16H19N3OS/c1-12(11-20-2)18-16(21)19-17-10-14-8-5-7-13-6-3-4-9-15(13)14/h3-10,12H,11H2,1-2H3,(H2,18,19,21)/b17-10-/t12-/m0/s1. The Morgan fingerprint density at radius 1 is 1.29 bits per heavy atom. The molecule has 0 saturated heterocycles. The van der Waals surface area contributed by atoms with E-state index in [-0.39, 0.29) is 6.04 Å². The number of benzene rings is 2. The number of hydrogen-bond acceptors (Lipinski definition) is 3. The molecule has 21 heavy (non-hydrogen) atoms. The molecule has 0 amide bonds. The van der Waals surface area contributed by atoms with Crippen molar-refractivity contribution < 1.29 is 4.74 Å². The number of nitrogens with one attached hydrogen (secondary N) is 2. The average Bonchev–Trinajstić information content (AvgIpc) is 2.47. The van der Waals surface area contributed by atoms with Gasteiger partial charge in [-0.1, -0.05) is 42.5 Å². The van der Waals surface area contributed by atoms with Crippen LogP contribution in [0.4, 0.5) is 0 Å². The second-order valence-corrected chi connectivity index (χ2v) is 5.18. The van der Waals surface area contributed by atoms with Crippen molar-refractivity contribution in [2.45, 2.75) is 13.0 Å². The van der Waals surface area contributed by atoms with Gasteiger partial charge in [0.05, 0.1) is 12.8 Å². The molecule has 2 aromatic carbocycles. The van der Waals surface area contributed by atoms with E-state index in [0.717, 1.165) is 10.9 Å². The monoisotopic (exact) mass is 301 g/mol. The number of methoxy groups -OCH3 is 1. The van der Waals surface area contributed by atoms with Gasteiger partial charge in [0.1, 0.15) is 0 Å². The minimum Gasteiger partial charge on any atom is -0.383 e. The summed E-state index contributed by atoms with van der Waals surface area (Å²) >= 11 is 5.16. The lowest BCUT2D eigenvalue weighted by molar-refractivity contribution is 0.179. The van der Waals surface area contributed by atoms with Gasteiger partial charge in [-0.05, 0) is 29.9 Å². The zero-order valence-electron chi connectivity index (χ0n) is 12.2. The van der Waals surface area contributed by atoms with Crippen LogP contribution in [0.5, 0.6) is 0 Å². The summed E-state index contributed by atoms with van der Waals surface area (Å²) in [7, 11) is 1.66. The molecule has 2 aromatic rings. The first kappa shape index (κ1) is 15.4. The average molecular weight is 301 g/mol. The Kier molecular flexibility index (Phi) is 5.66. The summed E-state index contributed by atoms with van der Waals surface area (Å²) in [4.78, 5) is 0. The van der Waals surface area contributed by atoms with Crippen LogP contribution in [0.2, 0.25) is 0 Å². The molecule has 0 heterocycles. The van der Waals surface area contributed by atoms with Gasteiger partial charge < -0.3 is 10.1 Å². The van der Waals surface area contributed by atoms with Gasteiger partial charge in [0.25, 0.3) is 0 Å². The van der Waals surface area contributed by atoms with Crippen LogP contribution in [0.25, 0.3) is 10.8 Å². The van der Waals surface area contributed by atoms with Gasteiger partial charge in [-0.15, -0.1) is 0 Å². The van der Waals surface area contributed by atoms with E-state index >= 15 is 0 Å². The van der Waals surface area contributed by atoms with Crippen molar-refractivity contribution in [3.8, 4) is 0 Å². The van der Waals surface area contributed by atoms with E-state index in [1.54, 1.807) is 13.3 Å². The lowest BCUT2D eigenvalue weighted by Gasteiger charge is -2.13. The predicted octanol–water partition coefficient (Wildman–Crippen LogP) is 2.67. The van der Waals surface area contributed by atoms with E-state index < -0.39 is 0 Å².